The third kappa shape index (κ3) is 4.30. The van der Waals surface area contributed by atoms with E-state index in [0.29, 0.717) is 17.9 Å². The van der Waals surface area contributed by atoms with Gasteiger partial charge in [-0.1, -0.05) is 60.7 Å². The fourth-order valence-corrected chi connectivity index (χ4v) is 4.86. The number of nitrogens with one attached hydrogen (secondary N) is 2. The van der Waals surface area contributed by atoms with Crippen LogP contribution in [0.15, 0.2) is 110 Å². The number of hydrogen-bond acceptors (Lipinski definition) is 4. The van der Waals surface area contributed by atoms with E-state index >= 15 is 0 Å². The van der Waals surface area contributed by atoms with Crippen molar-refractivity contribution in [1.82, 2.24) is 25.1 Å². The minimum atomic E-state index is -0.253. The van der Waals surface area contributed by atoms with E-state index in [1.807, 2.05) is 72.8 Å². The van der Waals surface area contributed by atoms with Gasteiger partial charge in [-0.15, -0.1) is 0 Å². The first kappa shape index (κ1) is 22.9. The third-order valence-electron chi connectivity index (χ3n) is 6.79. The Hall–Kier alpha value is -5.30. The first-order valence-corrected chi connectivity index (χ1v) is 12.6. The van der Waals surface area contributed by atoms with Crippen LogP contribution in [-0.4, -0.2) is 25.1 Å². The molecule has 0 fully saturated rings. The number of ether oxygens (including phenoxy) is 1. The van der Waals surface area contributed by atoms with Crippen LogP contribution in [0.4, 0.5) is 4.39 Å². The summed E-state index contributed by atoms with van der Waals surface area (Å²) in [6.45, 7) is 0.458. The molecule has 4 aromatic heterocycles. The number of fused-ring (bicyclic) bond motifs is 2. The lowest BCUT2D eigenvalue weighted by atomic mass is 10.0. The van der Waals surface area contributed by atoms with Crippen LogP contribution in [-0.2, 0) is 6.61 Å². The quantitative estimate of drug-likeness (QED) is 0.242. The molecule has 0 amide bonds. The van der Waals surface area contributed by atoms with Crippen LogP contribution in [0.2, 0.25) is 0 Å². The monoisotopic (exact) mass is 511 g/mol. The van der Waals surface area contributed by atoms with Crippen LogP contribution in [0.25, 0.3) is 55.6 Å². The molecule has 2 N–H and O–H groups in total. The minimum absolute atomic E-state index is 0.253. The van der Waals surface area contributed by atoms with E-state index in [1.165, 1.54) is 6.07 Å². The van der Waals surface area contributed by atoms with Crippen LogP contribution in [0.1, 0.15) is 5.56 Å². The normalized spacial score (nSPS) is 11.3. The van der Waals surface area contributed by atoms with E-state index in [9.17, 15) is 4.39 Å². The second-order valence-corrected chi connectivity index (χ2v) is 9.30. The van der Waals surface area contributed by atoms with Gasteiger partial charge in [0, 0.05) is 33.6 Å². The molecule has 7 aromatic rings. The molecule has 7 rings (SSSR count). The summed E-state index contributed by atoms with van der Waals surface area (Å²) in [5.41, 5.74) is 7.38. The first-order valence-electron chi connectivity index (χ1n) is 12.6. The molecule has 0 radical (unpaired) electrons. The first-order chi connectivity index (χ1) is 19.2. The van der Waals surface area contributed by atoms with Crippen LogP contribution < -0.4 is 4.74 Å². The van der Waals surface area contributed by atoms with Crippen molar-refractivity contribution in [2.45, 2.75) is 6.61 Å². The molecule has 39 heavy (non-hydrogen) atoms. The molecule has 0 saturated heterocycles. The maximum atomic E-state index is 14.6. The molecular formula is C32H22FN5O. The Bertz CT molecular complexity index is 1940. The third-order valence-corrected chi connectivity index (χ3v) is 6.79. The molecule has 0 spiro atoms. The maximum Gasteiger partial charge on any atom is 0.138 e. The highest BCUT2D eigenvalue weighted by Crippen LogP contribution is 2.35. The van der Waals surface area contributed by atoms with Crippen molar-refractivity contribution in [3.8, 4) is 39.5 Å². The summed E-state index contributed by atoms with van der Waals surface area (Å²) in [6.07, 6.45) is 5.24. The predicted molar refractivity (Wildman–Crippen MR) is 151 cm³/mol. The highest BCUT2D eigenvalue weighted by atomic mass is 19.1. The Labute approximate surface area is 223 Å². The standard InChI is InChI=1S/C32H22FN5O/c33-27-11-5-4-9-24(27)23-10-6-12-28-25(23)14-30(36-28)32-26-15-29(35-18-31(26)37-38-32)21-13-22(17-34-16-21)39-19-20-7-2-1-3-8-20/h1-18,36H,19H2,(H,37,38). The van der Waals surface area contributed by atoms with Gasteiger partial charge in [-0.25, -0.2) is 4.39 Å². The lowest BCUT2D eigenvalue weighted by Gasteiger charge is -2.08. The van der Waals surface area contributed by atoms with Crippen molar-refractivity contribution >= 4 is 21.8 Å². The van der Waals surface area contributed by atoms with Gasteiger partial charge in [0.2, 0.25) is 0 Å². The summed E-state index contributed by atoms with van der Waals surface area (Å²) in [7, 11) is 0. The molecule has 0 aliphatic heterocycles. The number of halogens is 1. The second kappa shape index (κ2) is 9.54. The van der Waals surface area contributed by atoms with Crippen molar-refractivity contribution in [3.63, 3.8) is 0 Å². The molecule has 0 atom stereocenters. The van der Waals surface area contributed by atoms with Crippen LogP contribution >= 0.6 is 0 Å². The minimum Gasteiger partial charge on any atom is -0.487 e. The van der Waals surface area contributed by atoms with E-state index in [-0.39, 0.29) is 5.82 Å². The molecule has 0 aliphatic rings. The number of H-pyrrole nitrogens is 2. The zero-order valence-electron chi connectivity index (χ0n) is 20.7. The Morgan fingerprint density at radius 2 is 1.59 bits per heavy atom. The Kier molecular flexibility index (Phi) is 5.59. The SMILES string of the molecule is Fc1ccccc1-c1cccc2[nH]c(-c3n[nH]c4cnc(-c5cncc(OCc6ccccc6)c5)cc34)cc12. The highest BCUT2D eigenvalue weighted by Gasteiger charge is 2.16. The number of hydrogen-bond donors (Lipinski definition) is 2. The average molecular weight is 512 g/mol. The van der Waals surface area contributed by atoms with E-state index in [2.05, 4.69) is 25.1 Å². The Morgan fingerprint density at radius 3 is 2.49 bits per heavy atom. The molecule has 4 heterocycles. The van der Waals surface area contributed by atoms with E-state index in [0.717, 1.165) is 55.6 Å². The van der Waals surface area contributed by atoms with E-state index in [1.54, 1.807) is 30.7 Å². The summed E-state index contributed by atoms with van der Waals surface area (Å²) in [5.74, 6) is 0.416. The zero-order valence-corrected chi connectivity index (χ0v) is 20.7. The fourth-order valence-electron chi connectivity index (χ4n) is 4.86. The van der Waals surface area contributed by atoms with Gasteiger partial charge < -0.3 is 9.72 Å². The van der Waals surface area contributed by atoms with Gasteiger partial charge in [0.15, 0.2) is 0 Å². The van der Waals surface area contributed by atoms with Gasteiger partial charge in [-0.2, -0.15) is 5.10 Å². The largest absolute Gasteiger partial charge is 0.487 e. The van der Waals surface area contributed by atoms with Gasteiger partial charge in [-0.05, 0) is 41.5 Å². The molecule has 0 aliphatic carbocycles. The van der Waals surface area contributed by atoms with E-state index < -0.39 is 0 Å². The smallest absolute Gasteiger partial charge is 0.138 e. The van der Waals surface area contributed by atoms with Crippen LogP contribution in [0.3, 0.4) is 0 Å². The van der Waals surface area contributed by atoms with Crippen molar-refractivity contribution in [2.24, 2.45) is 0 Å². The lowest BCUT2D eigenvalue weighted by Crippen LogP contribution is -1.96. The van der Waals surface area contributed by atoms with Crippen molar-refractivity contribution < 1.29 is 9.13 Å². The molecule has 3 aromatic carbocycles. The van der Waals surface area contributed by atoms with E-state index in [4.69, 9.17) is 4.74 Å². The summed E-state index contributed by atoms with van der Waals surface area (Å²) in [5, 5.41) is 9.51. The molecule has 7 heteroatoms. The summed E-state index contributed by atoms with van der Waals surface area (Å²) >= 11 is 0. The van der Waals surface area contributed by atoms with Gasteiger partial charge in [-0.3, -0.25) is 15.1 Å². The molecule has 188 valence electrons. The number of rotatable bonds is 6. The van der Waals surface area contributed by atoms with Crippen molar-refractivity contribution in [3.05, 3.63) is 121 Å². The number of aromatic nitrogens is 5. The maximum absolute atomic E-state index is 14.6. The van der Waals surface area contributed by atoms with Crippen molar-refractivity contribution in [2.75, 3.05) is 0 Å². The molecule has 0 unspecified atom stereocenters. The number of aromatic amines is 2. The Morgan fingerprint density at radius 1 is 0.744 bits per heavy atom. The van der Waals surface area contributed by atoms with Gasteiger partial charge in [0.25, 0.3) is 0 Å². The summed E-state index contributed by atoms with van der Waals surface area (Å²) < 4.78 is 20.6. The number of benzene rings is 3. The zero-order chi connectivity index (χ0) is 26.2. The van der Waals surface area contributed by atoms with Gasteiger partial charge in [0.05, 0.1) is 29.3 Å². The molecular weight excluding hydrogens is 489 g/mol. The average Bonchev–Trinajstić information content (AvgIpc) is 3.61. The van der Waals surface area contributed by atoms with Gasteiger partial charge in [0.1, 0.15) is 23.9 Å². The topological polar surface area (TPSA) is 79.5 Å². The highest BCUT2D eigenvalue weighted by molar-refractivity contribution is 6.01. The molecule has 0 saturated carbocycles. The van der Waals surface area contributed by atoms with Crippen molar-refractivity contribution in [1.29, 1.82) is 0 Å². The summed E-state index contributed by atoms with van der Waals surface area (Å²) in [4.78, 5) is 12.5. The molecule has 6 nitrogen and oxygen atoms in total. The number of pyridine rings is 2. The van der Waals surface area contributed by atoms with Crippen LogP contribution in [0.5, 0.6) is 5.75 Å². The lowest BCUT2D eigenvalue weighted by molar-refractivity contribution is 0.305. The second-order valence-electron chi connectivity index (χ2n) is 9.30. The predicted octanol–water partition coefficient (Wildman–Crippen LogP) is 7.55. The molecule has 0 bridgehead atoms. The number of nitrogens with zero attached hydrogens (tertiary/aromatic N) is 3. The van der Waals surface area contributed by atoms with Crippen LogP contribution in [0, 0.1) is 5.82 Å². The summed E-state index contributed by atoms with van der Waals surface area (Å²) in [6, 6.07) is 28.6. The Balaban J connectivity index is 1.25. The fraction of sp³-hybridized carbons (Fsp3) is 0.0312. The van der Waals surface area contributed by atoms with Gasteiger partial charge >= 0.3 is 0 Å².